The van der Waals surface area contributed by atoms with Crippen molar-refractivity contribution in [1.29, 1.82) is 0 Å². The van der Waals surface area contributed by atoms with Crippen molar-refractivity contribution in [3.8, 4) is 0 Å². The van der Waals surface area contributed by atoms with Gasteiger partial charge in [-0.15, -0.1) is 0 Å². The van der Waals surface area contributed by atoms with Crippen molar-refractivity contribution in [1.82, 2.24) is 20.5 Å². The third-order valence-electron chi connectivity index (χ3n) is 2.58. The van der Waals surface area contributed by atoms with Crippen molar-refractivity contribution in [3.63, 3.8) is 0 Å². The number of aromatic amines is 1. The van der Waals surface area contributed by atoms with Crippen LogP contribution in [0, 0.1) is 0 Å². The smallest absolute Gasteiger partial charge is 0.251 e. The summed E-state index contributed by atoms with van der Waals surface area (Å²) in [4.78, 5) is 27.4. The largest absolute Gasteiger partial charge is 0.349 e. The number of nitrogens with one attached hydrogen (secondary N) is 3. The van der Waals surface area contributed by atoms with E-state index in [1.54, 1.807) is 31.2 Å². The second-order valence-corrected chi connectivity index (χ2v) is 4.33. The summed E-state index contributed by atoms with van der Waals surface area (Å²) in [5.74, 6) is -0.162. The highest BCUT2D eigenvalue weighted by Gasteiger charge is 2.13. The van der Waals surface area contributed by atoms with Gasteiger partial charge in [0, 0.05) is 18.0 Å². The molecule has 7 heteroatoms. The monoisotopic (exact) mass is 273 g/mol. The molecule has 7 nitrogen and oxygen atoms in total. The average molecular weight is 273 g/mol. The molecule has 0 spiro atoms. The minimum absolute atomic E-state index is 0.152. The summed E-state index contributed by atoms with van der Waals surface area (Å²) < 4.78 is 0. The van der Waals surface area contributed by atoms with Gasteiger partial charge in [-0.1, -0.05) is 18.2 Å². The van der Waals surface area contributed by atoms with Gasteiger partial charge < -0.3 is 5.32 Å². The molecule has 1 heterocycles. The Kier molecular flexibility index (Phi) is 4.43. The second-order valence-electron chi connectivity index (χ2n) is 4.33. The molecule has 1 aromatic carbocycles. The molecule has 0 bridgehead atoms. The van der Waals surface area contributed by atoms with E-state index < -0.39 is 0 Å². The quantitative estimate of drug-likeness (QED) is 0.755. The topological polar surface area (TPSA) is 99.8 Å². The number of aromatic nitrogens is 3. The van der Waals surface area contributed by atoms with E-state index in [0.29, 0.717) is 5.56 Å². The van der Waals surface area contributed by atoms with Crippen LogP contribution in [0.4, 0.5) is 5.95 Å². The Labute approximate surface area is 115 Å². The lowest BCUT2D eigenvalue weighted by atomic mass is 10.1. The number of H-pyrrole nitrogens is 1. The lowest BCUT2D eigenvalue weighted by Gasteiger charge is -2.13. The molecule has 0 aliphatic carbocycles. The molecule has 0 unspecified atom stereocenters. The number of hydrogen-bond donors (Lipinski definition) is 3. The highest BCUT2D eigenvalue weighted by atomic mass is 16.2. The first-order valence-electron chi connectivity index (χ1n) is 6.16. The summed E-state index contributed by atoms with van der Waals surface area (Å²) in [5, 5.41) is 11.5. The van der Waals surface area contributed by atoms with Crippen LogP contribution >= 0.6 is 0 Å². The maximum atomic E-state index is 11.9. The van der Waals surface area contributed by atoms with E-state index in [1.807, 2.05) is 6.07 Å². The molecule has 0 saturated carbocycles. The summed E-state index contributed by atoms with van der Waals surface area (Å²) in [7, 11) is 0. The number of benzene rings is 1. The predicted molar refractivity (Wildman–Crippen MR) is 73.0 cm³/mol. The number of amides is 2. The summed E-state index contributed by atoms with van der Waals surface area (Å²) in [6.45, 7) is 1.76. The zero-order valence-electron chi connectivity index (χ0n) is 11.0. The number of anilines is 1. The van der Waals surface area contributed by atoms with Gasteiger partial charge in [-0.05, 0) is 19.1 Å². The fourth-order valence-corrected chi connectivity index (χ4v) is 1.67. The fraction of sp³-hybridized carbons (Fsp3) is 0.231. The number of carbonyl (C=O) groups is 2. The normalized spacial score (nSPS) is 11.7. The highest BCUT2D eigenvalue weighted by Crippen LogP contribution is 2.01. The fourth-order valence-electron chi connectivity index (χ4n) is 1.67. The summed E-state index contributed by atoms with van der Waals surface area (Å²) >= 11 is 0. The molecule has 0 fully saturated rings. The van der Waals surface area contributed by atoms with Gasteiger partial charge in [0.25, 0.3) is 5.91 Å². The molecule has 1 aromatic heterocycles. The van der Waals surface area contributed by atoms with Crippen LogP contribution in [0.25, 0.3) is 0 Å². The van der Waals surface area contributed by atoms with Crippen LogP contribution in [0.1, 0.15) is 23.7 Å². The minimum Gasteiger partial charge on any atom is -0.349 e. The van der Waals surface area contributed by atoms with Crippen molar-refractivity contribution < 1.29 is 9.59 Å². The van der Waals surface area contributed by atoms with Crippen LogP contribution < -0.4 is 10.6 Å². The molecule has 0 aliphatic heterocycles. The van der Waals surface area contributed by atoms with Gasteiger partial charge in [0.1, 0.15) is 6.33 Å². The first kappa shape index (κ1) is 13.7. The SMILES string of the molecule is C[C@H](CC(=O)Nc1ncn[nH]1)NC(=O)c1ccccc1. The van der Waals surface area contributed by atoms with Crippen molar-refractivity contribution >= 4 is 17.8 Å². The first-order chi connectivity index (χ1) is 9.65. The Morgan fingerprint density at radius 2 is 2.05 bits per heavy atom. The third-order valence-corrected chi connectivity index (χ3v) is 2.58. The molecule has 0 radical (unpaired) electrons. The van der Waals surface area contributed by atoms with E-state index in [0.717, 1.165) is 0 Å². The minimum atomic E-state index is -0.286. The Bertz CT molecular complexity index is 568. The summed E-state index contributed by atoms with van der Waals surface area (Å²) in [6.07, 6.45) is 1.45. The van der Waals surface area contributed by atoms with E-state index >= 15 is 0 Å². The average Bonchev–Trinajstić information content (AvgIpc) is 2.92. The third kappa shape index (κ3) is 3.91. The maximum Gasteiger partial charge on any atom is 0.251 e. The Balaban J connectivity index is 1.81. The molecular weight excluding hydrogens is 258 g/mol. The van der Waals surface area contributed by atoms with E-state index in [9.17, 15) is 9.59 Å². The molecule has 2 aromatic rings. The predicted octanol–water partition coefficient (Wildman–Crippen LogP) is 0.952. The van der Waals surface area contributed by atoms with Gasteiger partial charge in [0.05, 0.1) is 0 Å². The number of carbonyl (C=O) groups excluding carboxylic acids is 2. The van der Waals surface area contributed by atoms with Crippen LogP contribution in [-0.4, -0.2) is 33.0 Å². The van der Waals surface area contributed by atoms with Crippen LogP contribution in [0.3, 0.4) is 0 Å². The number of rotatable bonds is 5. The van der Waals surface area contributed by atoms with Gasteiger partial charge >= 0.3 is 0 Å². The van der Waals surface area contributed by atoms with Gasteiger partial charge in [0.2, 0.25) is 11.9 Å². The van der Waals surface area contributed by atoms with Gasteiger partial charge in [-0.3, -0.25) is 14.9 Å². The zero-order valence-corrected chi connectivity index (χ0v) is 11.0. The van der Waals surface area contributed by atoms with Crippen molar-refractivity contribution in [3.05, 3.63) is 42.2 Å². The van der Waals surface area contributed by atoms with Crippen molar-refractivity contribution in [2.24, 2.45) is 0 Å². The van der Waals surface area contributed by atoms with E-state index in [-0.39, 0.29) is 30.2 Å². The van der Waals surface area contributed by atoms with E-state index in [2.05, 4.69) is 25.8 Å². The molecule has 2 rings (SSSR count). The standard InChI is InChI=1S/C13H15N5O2/c1-9(7-11(19)17-13-14-8-15-18-13)16-12(20)10-5-3-2-4-6-10/h2-6,8-9H,7H2,1H3,(H,16,20)(H2,14,15,17,18,19)/t9-/m1/s1. The molecule has 20 heavy (non-hydrogen) atoms. The van der Waals surface area contributed by atoms with Crippen LogP contribution in [0.2, 0.25) is 0 Å². The van der Waals surface area contributed by atoms with Crippen LogP contribution in [-0.2, 0) is 4.79 Å². The maximum absolute atomic E-state index is 11.9. The lowest BCUT2D eigenvalue weighted by Crippen LogP contribution is -2.35. The Morgan fingerprint density at radius 3 is 2.70 bits per heavy atom. The molecule has 2 amide bonds. The van der Waals surface area contributed by atoms with Gasteiger partial charge in [-0.25, -0.2) is 5.10 Å². The first-order valence-corrected chi connectivity index (χ1v) is 6.16. The molecule has 1 atom stereocenters. The second kappa shape index (κ2) is 6.46. The molecular formula is C13H15N5O2. The molecule has 0 aliphatic rings. The van der Waals surface area contributed by atoms with Crippen molar-refractivity contribution in [2.75, 3.05) is 5.32 Å². The summed E-state index contributed by atoms with van der Waals surface area (Å²) in [6, 6.07) is 8.57. The Morgan fingerprint density at radius 1 is 1.30 bits per heavy atom. The zero-order chi connectivity index (χ0) is 14.4. The highest BCUT2D eigenvalue weighted by molar-refractivity contribution is 5.95. The lowest BCUT2D eigenvalue weighted by molar-refractivity contribution is -0.116. The summed E-state index contributed by atoms with van der Waals surface area (Å²) in [5.41, 5.74) is 0.565. The van der Waals surface area contributed by atoms with Gasteiger partial charge in [0.15, 0.2) is 0 Å². The van der Waals surface area contributed by atoms with Crippen molar-refractivity contribution in [2.45, 2.75) is 19.4 Å². The van der Waals surface area contributed by atoms with E-state index in [1.165, 1.54) is 6.33 Å². The van der Waals surface area contributed by atoms with Gasteiger partial charge in [-0.2, -0.15) is 10.1 Å². The number of hydrogen-bond acceptors (Lipinski definition) is 4. The number of nitrogens with zero attached hydrogens (tertiary/aromatic N) is 2. The Hall–Kier alpha value is -2.70. The van der Waals surface area contributed by atoms with Crippen LogP contribution in [0.5, 0.6) is 0 Å². The van der Waals surface area contributed by atoms with E-state index in [4.69, 9.17) is 0 Å². The molecule has 0 saturated heterocycles. The molecule has 104 valence electrons. The molecule has 3 N–H and O–H groups in total. The van der Waals surface area contributed by atoms with Crippen LogP contribution in [0.15, 0.2) is 36.7 Å².